The Balaban J connectivity index is 1.81. The fourth-order valence-electron chi connectivity index (χ4n) is 3.56. The van der Waals surface area contributed by atoms with Crippen molar-refractivity contribution >= 4 is 31.9 Å². The second kappa shape index (κ2) is 6.17. The van der Waals surface area contributed by atoms with Crippen LogP contribution < -0.4 is 4.74 Å². The first-order valence-electron chi connectivity index (χ1n) is 7.28. The van der Waals surface area contributed by atoms with Gasteiger partial charge in [0.05, 0.1) is 6.61 Å². The predicted octanol–water partition coefficient (Wildman–Crippen LogP) is 5.13. The van der Waals surface area contributed by atoms with E-state index in [0.29, 0.717) is 0 Å². The van der Waals surface area contributed by atoms with Gasteiger partial charge < -0.3 is 4.74 Å². The van der Waals surface area contributed by atoms with E-state index >= 15 is 0 Å². The van der Waals surface area contributed by atoms with Crippen molar-refractivity contribution in [2.45, 2.75) is 38.5 Å². The average molecular weight is 388 g/mol. The SMILES string of the molecule is BrCC(Cc1cc(Br)cc2c1OCC2)C1CCCC1. The Labute approximate surface area is 132 Å². The highest BCUT2D eigenvalue weighted by Gasteiger charge is 2.27. The normalized spacial score (nSPS) is 20.3. The number of alkyl halides is 1. The molecule has 1 aliphatic heterocycles. The topological polar surface area (TPSA) is 9.23 Å². The van der Waals surface area contributed by atoms with E-state index < -0.39 is 0 Å². The number of ether oxygens (including phenoxy) is 1. The highest BCUT2D eigenvalue weighted by atomic mass is 79.9. The lowest BCUT2D eigenvalue weighted by Crippen LogP contribution is -2.16. The molecule has 1 nitrogen and oxygen atoms in total. The summed E-state index contributed by atoms with van der Waals surface area (Å²) >= 11 is 7.37. The van der Waals surface area contributed by atoms with E-state index in [4.69, 9.17) is 4.74 Å². The summed E-state index contributed by atoms with van der Waals surface area (Å²) in [7, 11) is 0. The molecule has 0 saturated heterocycles. The maximum atomic E-state index is 5.86. The fourth-order valence-corrected chi connectivity index (χ4v) is 4.87. The molecule has 19 heavy (non-hydrogen) atoms. The molecule has 0 bridgehead atoms. The number of benzene rings is 1. The first kappa shape index (κ1) is 13.9. The molecule has 0 aromatic heterocycles. The van der Waals surface area contributed by atoms with Gasteiger partial charge in [-0.15, -0.1) is 0 Å². The Morgan fingerprint density at radius 3 is 2.79 bits per heavy atom. The van der Waals surface area contributed by atoms with E-state index in [1.807, 2.05) is 0 Å². The Morgan fingerprint density at radius 1 is 1.26 bits per heavy atom. The third-order valence-corrected chi connectivity index (χ3v) is 5.86. The van der Waals surface area contributed by atoms with E-state index in [1.54, 1.807) is 0 Å². The van der Waals surface area contributed by atoms with Gasteiger partial charge in [-0.25, -0.2) is 0 Å². The molecule has 0 N–H and O–H groups in total. The molecule has 2 aliphatic rings. The minimum Gasteiger partial charge on any atom is -0.493 e. The van der Waals surface area contributed by atoms with E-state index in [9.17, 15) is 0 Å². The molecule has 0 radical (unpaired) electrons. The van der Waals surface area contributed by atoms with Crippen LogP contribution in [-0.2, 0) is 12.8 Å². The van der Waals surface area contributed by atoms with Crippen LogP contribution in [0.4, 0.5) is 0 Å². The van der Waals surface area contributed by atoms with Gasteiger partial charge >= 0.3 is 0 Å². The van der Waals surface area contributed by atoms with Crippen LogP contribution in [0.5, 0.6) is 5.75 Å². The maximum Gasteiger partial charge on any atom is 0.125 e. The molecule has 1 aromatic rings. The summed E-state index contributed by atoms with van der Waals surface area (Å²) in [6.45, 7) is 0.848. The molecule has 1 heterocycles. The van der Waals surface area contributed by atoms with Crippen molar-refractivity contribution < 1.29 is 4.74 Å². The van der Waals surface area contributed by atoms with Crippen LogP contribution in [0.2, 0.25) is 0 Å². The van der Waals surface area contributed by atoms with Crippen molar-refractivity contribution in [1.82, 2.24) is 0 Å². The molecule has 1 aromatic carbocycles. The van der Waals surface area contributed by atoms with E-state index in [-0.39, 0.29) is 0 Å². The largest absolute Gasteiger partial charge is 0.493 e. The highest BCUT2D eigenvalue weighted by Crippen LogP contribution is 2.39. The second-order valence-electron chi connectivity index (χ2n) is 5.81. The molecule has 1 saturated carbocycles. The number of halogens is 2. The predicted molar refractivity (Wildman–Crippen MR) is 86.3 cm³/mol. The molecule has 1 fully saturated rings. The minimum absolute atomic E-state index is 0.755. The zero-order chi connectivity index (χ0) is 13.2. The van der Waals surface area contributed by atoms with Crippen LogP contribution in [0.1, 0.15) is 36.8 Å². The number of hydrogen-bond donors (Lipinski definition) is 0. The summed E-state index contributed by atoms with van der Waals surface area (Å²) in [5.74, 6) is 2.83. The van der Waals surface area contributed by atoms with Crippen molar-refractivity contribution in [3.8, 4) is 5.75 Å². The zero-order valence-electron chi connectivity index (χ0n) is 11.1. The van der Waals surface area contributed by atoms with Gasteiger partial charge in [0.2, 0.25) is 0 Å². The molecule has 3 heteroatoms. The minimum atomic E-state index is 0.755. The van der Waals surface area contributed by atoms with Gasteiger partial charge in [-0.05, 0) is 41.5 Å². The van der Waals surface area contributed by atoms with E-state index in [0.717, 1.165) is 36.6 Å². The summed E-state index contributed by atoms with van der Waals surface area (Å²) in [5.41, 5.74) is 2.78. The molecular weight excluding hydrogens is 368 g/mol. The van der Waals surface area contributed by atoms with Crippen molar-refractivity contribution in [2.75, 3.05) is 11.9 Å². The molecular formula is C16H20Br2O. The number of rotatable bonds is 4. The maximum absolute atomic E-state index is 5.86. The number of fused-ring (bicyclic) bond motifs is 1. The van der Waals surface area contributed by atoms with Gasteiger partial charge in [0, 0.05) is 16.2 Å². The van der Waals surface area contributed by atoms with E-state index in [1.165, 1.54) is 47.0 Å². The van der Waals surface area contributed by atoms with Crippen molar-refractivity contribution in [3.05, 3.63) is 27.7 Å². The highest BCUT2D eigenvalue weighted by molar-refractivity contribution is 9.10. The summed E-state index contributed by atoms with van der Waals surface area (Å²) in [6.07, 6.45) is 7.87. The van der Waals surface area contributed by atoms with Crippen LogP contribution in [0.15, 0.2) is 16.6 Å². The Bertz CT molecular complexity index is 452. The lowest BCUT2D eigenvalue weighted by Gasteiger charge is -2.22. The average Bonchev–Trinajstić information content (AvgIpc) is 3.05. The second-order valence-corrected chi connectivity index (χ2v) is 7.38. The van der Waals surface area contributed by atoms with Crippen molar-refractivity contribution in [3.63, 3.8) is 0 Å². The van der Waals surface area contributed by atoms with E-state index in [2.05, 4.69) is 44.0 Å². The third-order valence-electron chi connectivity index (χ3n) is 4.57. The van der Waals surface area contributed by atoms with Crippen LogP contribution in [0, 0.1) is 11.8 Å². The lowest BCUT2D eigenvalue weighted by atomic mass is 9.86. The van der Waals surface area contributed by atoms with Gasteiger partial charge in [-0.3, -0.25) is 0 Å². The summed E-state index contributed by atoms with van der Waals surface area (Å²) in [4.78, 5) is 0. The fraction of sp³-hybridized carbons (Fsp3) is 0.625. The van der Waals surface area contributed by atoms with Crippen molar-refractivity contribution in [1.29, 1.82) is 0 Å². The van der Waals surface area contributed by atoms with Crippen LogP contribution in [-0.4, -0.2) is 11.9 Å². The summed E-state index contributed by atoms with van der Waals surface area (Å²) < 4.78 is 7.06. The van der Waals surface area contributed by atoms with Gasteiger partial charge in [-0.1, -0.05) is 57.5 Å². The molecule has 104 valence electrons. The summed E-state index contributed by atoms with van der Waals surface area (Å²) in [6, 6.07) is 4.47. The number of hydrogen-bond acceptors (Lipinski definition) is 1. The molecule has 1 aliphatic carbocycles. The Kier molecular flexibility index (Phi) is 4.53. The monoisotopic (exact) mass is 386 g/mol. The first-order chi connectivity index (χ1) is 9.28. The smallest absolute Gasteiger partial charge is 0.125 e. The van der Waals surface area contributed by atoms with Gasteiger partial charge in [0.25, 0.3) is 0 Å². The molecule has 3 rings (SSSR count). The van der Waals surface area contributed by atoms with Gasteiger partial charge in [-0.2, -0.15) is 0 Å². The first-order valence-corrected chi connectivity index (χ1v) is 9.19. The van der Waals surface area contributed by atoms with Crippen LogP contribution in [0.3, 0.4) is 0 Å². The van der Waals surface area contributed by atoms with Crippen molar-refractivity contribution in [2.24, 2.45) is 11.8 Å². The molecule has 1 atom stereocenters. The van der Waals surface area contributed by atoms with Crippen LogP contribution >= 0.6 is 31.9 Å². The molecule has 0 spiro atoms. The quantitative estimate of drug-likeness (QED) is 0.651. The lowest BCUT2D eigenvalue weighted by molar-refractivity contribution is 0.340. The third kappa shape index (κ3) is 3.02. The Morgan fingerprint density at radius 2 is 2.05 bits per heavy atom. The summed E-state index contributed by atoms with van der Waals surface area (Å²) in [5, 5.41) is 1.11. The molecule has 1 unspecified atom stereocenters. The van der Waals surface area contributed by atoms with Gasteiger partial charge in [0.1, 0.15) is 5.75 Å². The zero-order valence-corrected chi connectivity index (χ0v) is 14.3. The van der Waals surface area contributed by atoms with Gasteiger partial charge in [0.15, 0.2) is 0 Å². The van der Waals surface area contributed by atoms with Crippen LogP contribution in [0.25, 0.3) is 0 Å². The molecule has 0 amide bonds. The standard InChI is InChI=1S/C16H20Br2O/c17-10-14(11-3-1-2-4-11)7-13-9-15(18)8-12-5-6-19-16(12)13/h8-9,11,14H,1-7,10H2. The Hall–Kier alpha value is -0.0200.